The van der Waals surface area contributed by atoms with E-state index < -0.39 is 5.41 Å². The van der Waals surface area contributed by atoms with Gasteiger partial charge < -0.3 is 16.4 Å². The number of fused-ring (bicyclic) bond motifs is 3. The number of rotatable bonds is 5. The van der Waals surface area contributed by atoms with E-state index in [4.69, 9.17) is 5.73 Å². The van der Waals surface area contributed by atoms with Crippen molar-refractivity contribution < 1.29 is 9.59 Å². The van der Waals surface area contributed by atoms with E-state index in [2.05, 4.69) is 31.3 Å². The number of carbonyl (C=O) groups is 2. The predicted octanol–water partition coefficient (Wildman–Crippen LogP) is 0.971. The summed E-state index contributed by atoms with van der Waals surface area (Å²) in [5, 5.41) is 20.2. The van der Waals surface area contributed by atoms with Gasteiger partial charge in [0.25, 0.3) is 11.8 Å². The molecule has 0 spiro atoms. The maximum absolute atomic E-state index is 12.3. The zero-order chi connectivity index (χ0) is 21.5. The summed E-state index contributed by atoms with van der Waals surface area (Å²) in [5.74, 6) is 0.123. The Morgan fingerprint density at radius 2 is 1.57 bits per heavy atom. The van der Waals surface area contributed by atoms with Crippen molar-refractivity contribution in [3.8, 4) is 11.1 Å². The van der Waals surface area contributed by atoms with Gasteiger partial charge in [-0.05, 0) is 59.9 Å². The summed E-state index contributed by atoms with van der Waals surface area (Å²) < 4.78 is 0. The van der Waals surface area contributed by atoms with Gasteiger partial charge in [0.05, 0.1) is 5.41 Å². The van der Waals surface area contributed by atoms with Crippen LogP contribution < -0.4 is 16.4 Å². The first-order valence-corrected chi connectivity index (χ1v) is 9.65. The number of carbonyl (C=O) groups excluding carboxylic acids is 2. The fraction of sp³-hybridized carbons (Fsp3) is 0.286. The van der Waals surface area contributed by atoms with Gasteiger partial charge in [-0.15, -0.1) is 10.2 Å². The van der Waals surface area contributed by atoms with Gasteiger partial charge in [0.2, 0.25) is 0 Å². The first kappa shape index (κ1) is 19.7. The highest BCUT2D eigenvalue weighted by molar-refractivity contribution is 5.99. The van der Waals surface area contributed by atoms with Crippen molar-refractivity contribution in [3.05, 3.63) is 64.5 Å². The predicted molar refractivity (Wildman–Crippen MR) is 111 cm³/mol. The van der Waals surface area contributed by atoms with Gasteiger partial charge in [0.1, 0.15) is 0 Å². The number of hydrogen-bond acceptors (Lipinski definition) is 6. The second-order valence-corrected chi connectivity index (χ2v) is 7.50. The van der Waals surface area contributed by atoms with E-state index in [0.717, 1.165) is 22.3 Å². The Morgan fingerprint density at radius 3 is 1.97 bits per heavy atom. The Morgan fingerprint density at radius 1 is 1.03 bits per heavy atom. The summed E-state index contributed by atoms with van der Waals surface area (Å²) >= 11 is 0. The second-order valence-electron chi connectivity index (χ2n) is 7.50. The lowest BCUT2D eigenvalue weighted by atomic mass is 9.73. The normalized spacial score (nSPS) is 14.5. The first-order valence-electron chi connectivity index (χ1n) is 9.65. The average Bonchev–Trinajstić information content (AvgIpc) is 3.38. The van der Waals surface area contributed by atoms with E-state index in [9.17, 15) is 9.59 Å². The molecule has 2 amide bonds. The number of H-pyrrole nitrogens is 1. The zero-order valence-electron chi connectivity index (χ0n) is 17.0. The van der Waals surface area contributed by atoms with Crippen LogP contribution in [0.1, 0.15) is 51.0 Å². The van der Waals surface area contributed by atoms with Crippen molar-refractivity contribution in [2.45, 2.75) is 24.8 Å². The third-order valence-electron chi connectivity index (χ3n) is 5.58. The van der Waals surface area contributed by atoms with Gasteiger partial charge in [-0.3, -0.25) is 9.59 Å². The fourth-order valence-electron chi connectivity index (χ4n) is 4.37. The molecule has 0 fully saturated rings. The highest BCUT2D eigenvalue weighted by atomic mass is 16.2. The van der Waals surface area contributed by atoms with Crippen LogP contribution >= 0.6 is 0 Å². The van der Waals surface area contributed by atoms with Crippen molar-refractivity contribution in [2.75, 3.05) is 14.1 Å². The molecule has 2 aromatic carbocycles. The lowest BCUT2D eigenvalue weighted by molar-refractivity contribution is 0.0955. The smallest absolute Gasteiger partial charge is 0.251 e. The minimum absolute atomic E-state index is 0.167. The molecular weight excluding hydrogens is 382 g/mol. The highest BCUT2D eigenvalue weighted by Gasteiger charge is 2.48. The molecule has 1 heterocycles. The molecule has 0 saturated heterocycles. The average molecular weight is 405 g/mol. The summed E-state index contributed by atoms with van der Waals surface area (Å²) in [4.78, 5) is 24.6. The Balaban J connectivity index is 2.05. The summed E-state index contributed by atoms with van der Waals surface area (Å²) in [7, 11) is 3.18. The van der Waals surface area contributed by atoms with Crippen LogP contribution in [-0.4, -0.2) is 52.6 Å². The van der Waals surface area contributed by atoms with E-state index in [1.165, 1.54) is 0 Å². The van der Waals surface area contributed by atoms with Gasteiger partial charge in [0.15, 0.2) is 5.82 Å². The molecule has 1 aliphatic rings. The standard InChI is InChI=1S/C21H23N7O2/c1-11(22)10-21(20-25-27-28-26-20)16-6-4-12(18(29)23-2)8-14(16)15-9-13(19(30)24-3)5-7-17(15)21/h4-9,11H,10,22H2,1-3H3,(H,23,29)(H,24,30)(H,25,26,27,28)/t11-/m1/s1. The van der Waals surface area contributed by atoms with E-state index in [1.807, 2.05) is 31.2 Å². The lowest BCUT2D eigenvalue weighted by Gasteiger charge is -2.30. The zero-order valence-corrected chi connectivity index (χ0v) is 17.0. The minimum atomic E-state index is -0.742. The molecule has 1 atom stereocenters. The van der Waals surface area contributed by atoms with Gasteiger partial charge in [0, 0.05) is 31.3 Å². The number of nitrogens with one attached hydrogen (secondary N) is 3. The van der Waals surface area contributed by atoms with Crippen LogP contribution in [0.15, 0.2) is 36.4 Å². The molecule has 9 heteroatoms. The molecule has 0 aliphatic heterocycles. The maximum atomic E-state index is 12.3. The first-order chi connectivity index (χ1) is 14.4. The van der Waals surface area contributed by atoms with Crippen LogP contribution in [0.25, 0.3) is 11.1 Å². The van der Waals surface area contributed by atoms with Crippen LogP contribution in [0.4, 0.5) is 0 Å². The largest absolute Gasteiger partial charge is 0.355 e. The van der Waals surface area contributed by atoms with Crippen molar-refractivity contribution in [1.29, 1.82) is 0 Å². The molecule has 0 saturated carbocycles. The lowest BCUT2D eigenvalue weighted by Crippen LogP contribution is -2.35. The SMILES string of the molecule is CNC(=O)c1ccc2c(c1)-c1cc(C(=O)NC)ccc1C2(C[C@@H](C)N)c1nn[nH]n1. The number of aromatic nitrogens is 4. The molecule has 30 heavy (non-hydrogen) atoms. The third kappa shape index (κ3) is 2.86. The molecule has 1 aromatic heterocycles. The Labute approximate surface area is 173 Å². The molecule has 4 rings (SSSR count). The minimum Gasteiger partial charge on any atom is -0.355 e. The van der Waals surface area contributed by atoms with Crippen molar-refractivity contribution in [1.82, 2.24) is 31.3 Å². The van der Waals surface area contributed by atoms with E-state index in [0.29, 0.717) is 23.4 Å². The summed E-state index contributed by atoms with van der Waals surface area (Å²) in [5.41, 5.74) is 10.1. The van der Waals surface area contributed by atoms with E-state index in [-0.39, 0.29) is 17.9 Å². The van der Waals surface area contributed by atoms with Gasteiger partial charge in [-0.25, -0.2) is 0 Å². The molecule has 0 radical (unpaired) electrons. The molecular formula is C21H23N7O2. The third-order valence-corrected chi connectivity index (χ3v) is 5.58. The number of hydrogen-bond donors (Lipinski definition) is 4. The highest BCUT2D eigenvalue weighted by Crippen LogP contribution is 2.54. The topological polar surface area (TPSA) is 139 Å². The van der Waals surface area contributed by atoms with E-state index in [1.54, 1.807) is 26.2 Å². The molecule has 9 nitrogen and oxygen atoms in total. The number of tetrazole rings is 1. The van der Waals surface area contributed by atoms with Gasteiger partial charge >= 0.3 is 0 Å². The monoisotopic (exact) mass is 405 g/mol. The van der Waals surface area contributed by atoms with Crippen molar-refractivity contribution >= 4 is 11.8 Å². The van der Waals surface area contributed by atoms with Gasteiger partial charge in [-0.1, -0.05) is 17.3 Å². The molecule has 0 bridgehead atoms. The molecule has 154 valence electrons. The van der Waals surface area contributed by atoms with Crippen LogP contribution in [0, 0.1) is 0 Å². The Bertz CT molecular complexity index is 1060. The summed E-state index contributed by atoms with van der Waals surface area (Å²) in [6, 6.07) is 10.9. The summed E-state index contributed by atoms with van der Waals surface area (Å²) in [6.45, 7) is 1.93. The molecule has 0 unspecified atom stereocenters. The number of nitrogens with zero attached hydrogens (tertiary/aromatic N) is 3. The van der Waals surface area contributed by atoms with Gasteiger partial charge in [-0.2, -0.15) is 5.21 Å². The number of amides is 2. The Kier molecular flexibility index (Phi) is 4.83. The summed E-state index contributed by atoms with van der Waals surface area (Å²) in [6.07, 6.45) is 0.533. The number of aromatic amines is 1. The molecule has 5 N–H and O–H groups in total. The van der Waals surface area contributed by atoms with Crippen LogP contribution in [0.3, 0.4) is 0 Å². The van der Waals surface area contributed by atoms with E-state index >= 15 is 0 Å². The molecule has 3 aromatic rings. The Hall–Kier alpha value is -3.59. The number of benzene rings is 2. The maximum Gasteiger partial charge on any atom is 0.251 e. The second kappa shape index (κ2) is 7.34. The van der Waals surface area contributed by atoms with Crippen LogP contribution in [-0.2, 0) is 5.41 Å². The molecule has 1 aliphatic carbocycles. The number of nitrogens with two attached hydrogens (primary N) is 1. The van der Waals surface area contributed by atoms with Crippen LogP contribution in [0.5, 0.6) is 0 Å². The fourth-order valence-corrected chi connectivity index (χ4v) is 4.37. The van der Waals surface area contributed by atoms with Crippen molar-refractivity contribution in [3.63, 3.8) is 0 Å². The van der Waals surface area contributed by atoms with Crippen LogP contribution in [0.2, 0.25) is 0 Å². The van der Waals surface area contributed by atoms with Crippen molar-refractivity contribution in [2.24, 2.45) is 5.73 Å². The quantitative estimate of drug-likeness (QED) is 0.499.